The van der Waals surface area contributed by atoms with Crippen molar-refractivity contribution in [2.24, 2.45) is 0 Å². The van der Waals surface area contributed by atoms with Gasteiger partial charge in [0.1, 0.15) is 0 Å². The van der Waals surface area contributed by atoms with Crippen LogP contribution < -0.4 is 10.6 Å². The van der Waals surface area contributed by atoms with Crippen LogP contribution in [0.4, 0.5) is 5.95 Å². The second-order valence-electron chi connectivity index (χ2n) is 4.74. The standard InChI is InChI=1S/C14H17N5O/c20-13(19-7-5-15-6-8-19)10-17-14-16-9-11-3-1-2-4-12(11)18-14/h1-4,9,15H,5-8,10H2,(H,16,17,18). The summed E-state index contributed by atoms with van der Waals surface area (Å²) in [5, 5.41) is 7.22. The number of benzene rings is 1. The molecule has 1 fully saturated rings. The minimum Gasteiger partial charge on any atom is -0.345 e. The molecule has 6 nitrogen and oxygen atoms in total. The fourth-order valence-corrected chi connectivity index (χ4v) is 2.24. The van der Waals surface area contributed by atoms with E-state index in [9.17, 15) is 4.79 Å². The van der Waals surface area contributed by atoms with E-state index in [1.807, 2.05) is 29.2 Å². The number of amides is 1. The molecule has 6 heteroatoms. The Bertz CT molecular complexity index is 609. The second kappa shape index (κ2) is 5.83. The number of carbonyl (C=O) groups excluding carboxylic acids is 1. The molecule has 2 N–H and O–H groups in total. The zero-order valence-electron chi connectivity index (χ0n) is 11.2. The number of nitrogens with zero attached hydrogens (tertiary/aromatic N) is 3. The highest BCUT2D eigenvalue weighted by atomic mass is 16.2. The Hall–Kier alpha value is -2.21. The van der Waals surface area contributed by atoms with Crippen molar-refractivity contribution >= 4 is 22.8 Å². The molecule has 0 aliphatic carbocycles. The van der Waals surface area contributed by atoms with Crippen LogP contribution in [-0.2, 0) is 4.79 Å². The fourth-order valence-electron chi connectivity index (χ4n) is 2.24. The van der Waals surface area contributed by atoms with Gasteiger partial charge in [-0.25, -0.2) is 9.97 Å². The Kier molecular flexibility index (Phi) is 3.73. The average molecular weight is 271 g/mol. The van der Waals surface area contributed by atoms with Crippen LogP contribution in [0.25, 0.3) is 10.9 Å². The van der Waals surface area contributed by atoms with Crippen LogP contribution in [0.2, 0.25) is 0 Å². The van der Waals surface area contributed by atoms with Gasteiger partial charge in [0, 0.05) is 37.8 Å². The number of hydrogen-bond donors (Lipinski definition) is 2. The van der Waals surface area contributed by atoms with Crippen LogP contribution in [0.5, 0.6) is 0 Å². The summed E-state index contributed by atoms with van der Waals surface area (Å²) in [5.74, 6) is 0.579. The summed E-state index contributed by atoms with van der Waals surface area (Å²) in [6.45, 7) is 3.48. The summed E-state index contributed by atoms with van der Waals surface area (Å²) < 4.78 is 0. The minimum atomic E-state index is 0.0864. The van der Waals surface area contributed by atoms with E-state index < -0.39 is 0 Å². The highest BCUT2D eigenvalue weighted by Crippen LogP contribution is 2.11. The molecular weight excluding hydrogens is 254 g/mol. The molecule has 0 radical (unpaired) electrons. The van der Waals surface area contributed by atoms with Gasteiger partial charge in [-0.3, -0.25) is 4.79 Å². The van der Waals surface area contributed by atoms with E-state index in [1.165, 1.54) is 0 Å². The predicted octanol–water partition coefficient (Wildman–Crippen LogP) is 0.473. The smallest absolute Gasteiger partial charge is 0.242 e. The van der Waals surface area contributed by atoms with Crippen molar-refractivity contribution < 1.29 is 4.79 Å². The van der Waals surface area contributed by atoms with Gasteiger partial charge in [-0.1, -0.05) is 18.2 Å². The molecule has 2 heterocycles. The van der Waals surface area contributed by atoms with E-state index in [-0.39, 0.29) is 12.5 Å². The van der Waals surface area contributed by atoms with Crippen molar-refractivity contribution in [1.29, 1.82) is 0 Å². The topological polar surface area (TPSA) is 70.2 Å². The van der Waals surface area contributed by atoms with Crippen molar-refractivity contribution in [3.63, 3.8) is 0 Å². The number of hydrogen-bond acceptors (Lipinski definition) is 5. The Morgan fingerprint density at radius 3 is 2.95 bits per heavy atom. The SMILES string of the molecule is O=C(CNc1ncc2ccccc2n1)N1CCNCC1. The summed E-state index contributed by atoms with van der Waals surface area (Å²) in [4.78, 5) is 22.5. The lowest BCUT2D eigenvalue weighted by Gasteiger charge is -2.27. The first kappa shape index (κ1) is 12.8. The minimum absolute atomic E-state index is 0.0864. The number of fused-ring (bicyclic) bond motifs is 1. The third-order valence-electron chi connectivity index (χ3n) is 3.36. The molecule has 104 valence electrons. The van der Waals surface area contributed by atoms with Crippen molar-refractivity contribution in [1.82, 2.24) is 20.2 Å². The van der Waals surface area contributed by atoms with Crippen LogP contribution >= 0.6 is 0 Å². The molecule has 0 atom stereocenters. The van der Waals surface area contributed by atoms with Crippen molar-refractivity contribution in [3.8, 4) is 0 Å². The molecule has 0 bridgehead atoms. The highest BCUT2D eigenvalue weighted by molar-refractivity contribution is 5.81. The highest BCUT2D eigenvalue weighted by Gasteiger charge is 2.15. The molecule has 0 spiro atoms. The average Bonchev–Trinajstić information content (AvgIpc) is 2.53. The van der Waals surface area contributed by atoms with Crippen LogP contribution in [-0.4, -0.2) is 53.5 Å². The van der Waals surface area contributed by atoms with Crippen LogP contribution in [0.3, 0.4) is 0 Å². The Morgan fingerprint density at radius 1 is 1.30 bits per heavy atom. The number of rotatable bonds is 3. The maximum Gasteiger partial charge on any atom is 0.242 e. The molecule has 0 saturated carbocycles. The quantitative estimate of drug-likeness (QED) is 0.849. The Labute approximate surface area is 117 Å². The molecule has 2 aromatic rings. The first-order valence-corrected chi connectivity index (χ1v) is 6.77. The maximum absolute atomic E-state index is 12.0. The molecule has 1 amide bonds. The normalized spacial score (nSPS) is 15.3. The number of anilines is 1. The third-order valence-corrected chi connectivity index (χ3v) is 3.36. The molecule has 1 aromatic heterocycles. The summed E-state index contributed by atoms with van der Waals surface area (Å²) in [7, 11) is 0. The van der Waals surface area contributed by atoms with Crippen LogP contribution in [0, 0.1) is 0 Å². The summed E-state index contributed by atoms with van der Waals surface area (Å²) in [5.41, 5.74) is 0.875. The van der Waals surface area contributed by atoms with Gasteiger partial charge in [0.25, 0.3) is 0 Å². The Balaban J connectivity index is 1.62. The van der Waals surface area contributed by atoms with Gasteiger partial charge in [-0.2, -0.15) is 0 Å². The summed E-state index contributed by atoms with van der Waals surface area (Å²) in [6, 6.07) is 7.78. The predicted molar refractivity (Wildman–Crippen MR) is 77.5 cm³/mol. The van der Waals surface area contributed by atoms with Gasteiger partial charge < -0.3 is 15.5 Å². The van der Waals surface area contributed by atoms with Gasteiger partial charge in [-0.15, -0.1) is 0 Å². The van der Waals surface area contributed by atoms with E-state index in [2.05, 4.69) is 20.6 Å². The molecule has 20 heavy (non-hydrogen) atoms. The molecule has 1 saturated heterocycles. The molecular formula is C14H17N5O. The maximum atomic E-state index is 12.0. The largest absolute Gasteiger partial charge is 0.345 e. The van der Waals surface area contributed by atoms with Gasteiger partial charge in [0.2, 0.25) is 11.9 Å². The number of piperazine rings is 1. The molecule has 1 aromatic carbocycles. The molecule has 1 aliphatic rings. The van der Waals surface area contributed by atoms with E-state index in [0.717, 1.165) is 37.1 Å². The lowest BCUT2D eigenvalue weighted by molar-refractivity contribution is -0.129. The van der Waals surface area contributed by atoms with Gasteiger partial charge in [-0.05, 0) is 6.07 Å². The molecule has 3 rings (SSSR count). The summed E-state index contributed by atoms with van der Waals surface area (Å²) >= 11 is 0. The van der Waals surface area contributed by atoms with Crippen LogP contribution in [0.15, 0.2) is 30.5 Å². The first-order valence-electron chi connectivity index (χ1n) is 6.77. The number of aromatic nitrogens is 2. The zero-order valence-corrected chi connectivity index (χ0v) is 11.2. The monoisotopic (exact) mass is 271 g/mol. The van der Waals surface area contributed by atoms with E-state index in [1.54, 1.807) is 6.20 Å². The first-order chi connectivity index (χ1) is 9.83. The van der Waals surface area contributed by atoms with Crippen LogP contribution in [0.1, 0.15) is 0 Å². The number of nitrogens with one attached hydrogen (secondary N) is 2. The lowest BCUT2D eigenvalue weighted by atomic mass is 10.2. The van der Waals surface area contributed by atoms with E-state index >= 15 is 0 Å². The van der Waals surface area contributed by atoms with Gasteiger partial charge in [0.05, 0.1) is 12.1 Å². The lowest BCUT2D eigenvalue weighted by Crippen LogP contribution is -2.48. The van der Waals surface area contributed by atoms with Crippen molar-refractivity contribution in [3.05, 3.63) is 30.5 Å². The number of carbonyl (C=O) groups is 1. The third kappa shape index (κ3) is 2.85. The second-order valence-corrected chi connectivity index (χ2v) is 4.74. The molecule has 1 aliphatic heterocycles. The zero-order chi connectivity index (χ0) is 13.8. The molecule has 0 unspecified atom stereocenters. The van der Waals surface area contributed by atoms with Gasteiger partial charge >= 0.3 is 0 Å². The van der Waals surface area contributed by atoms with E-state index in [0.29, 0.717) is 5.95 Å². The Morgan fingerprint density at radius 2 is 2.10 bits per heavy atom. The van der Waals surface area contributed by atoms with Gasteiger partial charge in [0.15, 0.2) is 0 Å². The van der Waals surface area contributed by atoms with E-state index in [4.69, 9.17) is 0 Å². The van der Waals surface area contributed by atoms with Crippen molar-refractivity contribution in [2.75, 3.05) is 38.0 Å². The number of para-hydroxylation sites is 1. The fraction of sp³-hybridized carbons (Fsp3) is 0.357. The summed E-state index contributed by atoms with van der Waals surface area (Å²) in [6.07, 6.45) is 1.76. The van der Waals surface area contributed by atoms with Crippen molar-refractivity contribution in [2.45, 2.75) is 0 Å².